The van der Waals surface area contributed by atoms with Gasteiger partial charge in [0.05, 0.1) is 25.5 Å². The Kier molecular flexibility index (Phi) is 4.83. The quantitative estimate of drug-likeness (QED) is 0.688. The summed E-state index contributed by atoms with van der Waals surface area (Å²) in [5.74, 6) is 1.45. The highest BCUT2D eigenvalue weighted by atomic mass is 35.5. The van der Waals surface area contributed by atoms with E-state index in [0.717, 1.165) is 24.4 Å². The van der Waals surface area contributed by atoms with E-state index in [-0.39, 0.29) is 6.10 Å². The van der Waals surface area contributed by atoms with Crippen LogP contribution in [-0.4, -0.2) is 29.6 Å². The highest BCUT2D eigenvalue weighted by Crippen LogP contribution is 2.26. The van der Waals surface area contributed by atoms with E-state index in [2.05, 4.69) is 22.0 Å². The lowest BCUT2D eigenvalue weighted by atomic mass is 10.1. The molecule has 25 heavy (non-hydrogen) atoms. The Morgan fingerprint density at radius 2 is 2.00 bits per heavy atom. The number of benzene rings is 2. The molecule has 2 heterocycles. The first-order chi connectivity index (χ1) is 12.3. The lowest BCUT2D eigenvalue weighted by molar-refractivity contribution is -0.0351. The van der Waals surface area contributed by atoms with Gasteiger partial charge in [0.2, 0.25) is 5.89 Å². The molecule has 1 fully saturated rings. The van der Waals surface area contributed by atoms with Crippen molar-refractivity contribution in [1.82, 2.24) is 9.88 Å². The molecular weight excluding hydrogens is 336 g/mol. The molecule has 128 valence electrons. The first-order valence-electron chi connectivity index (χ1n) is 8.37. The SMILES string of the molecule is Clc1cccc(-c2cnc(CN3CCOC(c4ccccc4)C3)o2)c1. The fourth-order valence-electron chi connectivity index (χ4n) is 3.07. The lowest BCUT2D eigenvalue weighted by Crippen LogP contribution is -2.37. The van der Waals surface area contributed by atoms with Crippen molar-refractivity contribution in [3.8, 4) is 11.3 Å². The van der Waals surface area contributed by atoms with Crippen LogP contribution in [-0.2, 0) is 11.3 Å². The number of hydrogen-bond acceptors (Lipinski definition) is 4. The molecule has 1 aliphatic heterocycles. The summed E-state index contributed by atoms with van der Waals surface area (Å²) in [4.78, 5) is 6.74. The Morgan fingerprint density at radius 3 is 2.84 bits per heavy atom. The second-order valence-electron chi connectivity index (χ2n) is 6.13. The van der Waals surface area contributed by atoms with Crippen LogP contribution in [0.1, 0.15) is 17.6 Å². The molecule has 1 aromatic heterocycles. The van der Waals surface area contributed by atoms with E-state index >= 15 is 0 Å². The zero-order valence-electron chi connectivity index (χ0n) is 13.8. The van der Waals surface area contributed by atoms with Gasteiger partial charge in [0.25, 0.3) is 0 Å². The number of oxazole rings is 1. The number of nitrogens with zero attached hydrogens (tertiary/aromatic N) is 2. The molecule has 0 spiro atoms. The number of rotatable bonds is 4. The summed E-state index contributed by atoms with van der Waals surface area (Å²) in [6.45, 7) is 3.09. The van der Waals surface area contributed by atoms with Crippen molar-refractivity contribution in [2.45, 2.75) is 12.6 Å². The number of ether oxygens (including phenoxy) is 1. The van der Waals surface area contributed by atoms with Gasteiger partial charge in [-0.25, -0.2) is 4.98 Å². The van der Waals surface area contributed by atoms with Crippen LogP contribution in [0.25, 0.3) is 11.3 Å². The molecule has 4 rings (SSSR count). The molecule has 2 aromatic carbocycles. The Labute approximate surface area is 152 Å². The summed E-state index contributed by atoms with van der Waals surface area (Å²) in [6, 6.07) is 17.9. The van der Waals surface area contributed by atoms with Gasteiger partial charge in [0, 0.05) is 23.7 Å². The third-order valence-electron chi connectivity index (χ3n) is 4.34. The monoisotopic (exact) mass is 354 g/mol. The first kappa shape index (κ1) is 16.3. The molecule has 1 aliphatic rings. The Morgan fingerprint density at radius 1 is 1.12 bits per heavy atom. The van der Waals surface area contributed by atoms with E-state index in [9.17, 15) is 0 Å². The molecule has 1 unspecified atom stereocenters. The van der Waals surface area contributed by atoms with E-state index < -0.39 is 0 Å². The topological polar surface area (TPSA) is 38.5 Å². The molecule has 0 amide bonds. The Bertz CT molecular complexity index is 834. The van der Waals surface area contributed by atoms with Crippen molar-refractivity contribution in [2.24, 2.45) is 0 Å². The molecule has 3 aromatic rings. The summed E-state index contributed by atoms with van der Waals surface area (Å²) >= 11 is 6.05. The van der Waals surface area contributed by atoms with Crippen molar-refractivity contribution in [3.05, 3.63) is 77.3 Å². The van der Waals surface area contributed by atoms with Crippen LogP contribution in [0.4, 0.5) is 0 Å². The summed E-state index contributed by atoms with van der Waals surface area (Å²) < 4.78 is 11.8. The minimum atomic E-state index is 0.0947. The first-order valence-corrected chi connectivity index (χ1v) is 8.75. The van der Waals surface area contributed by atoms with Gasteiger partial charge in [0.15, 0.2) is 5.76 Å². The number of aromatic nitrogens is 1. The number of hydrogen-bond donors (Lipinski definition) is 0. The smallest absolute Gasteiger partial charge is 0.209 e. The van der Waals surface area contributed by atoms with Gasteiger partial charge >= 0.3 is 0 Å². The van der Waals surface area contributed by atoms with Crippen LogP contribution in [0.2, 0.25) is 5.02 Å². The molecule has 5 heteroatoms. The highest BCUT2D eigenvalue weighted by Gasteiger charge is 2.23. The van der Waals surface area contributed by atoms with E-state index in [1.165, 1.54) is 5.56 Å². The van der Waals surface area contributed by atoms with Crippen LogP contribution in [0.3, 0.4) is 0 Å². The molecule has 1 saturated heterocycles. The summed E-state index contributed by atoms with van der Waals surface area (Å²) in [5.41, 5.74) is 2.15. The normalized spacial score (nSPS) is 18.4. The van der Waals surface area contributed by atoms with Crippen LogP contribution >= 0.6 is 11.6 Å². The predicted molar refractivity (Wildman–Crippen MR) is 97.4 cm³/mol. The second kappa shape index (κ2) is 7.40. The van der Waals surface area contributed by atoms with E-state index in [1.807, 2.05) is 42.5 Å². The predicted octanol–water partition coefficient (Wildman–Crippen LogP) is 4.57. The van der Waals surface area contributed by atoms with Gasteiger partial charge in [-0.2, -0.15) is 0 Å². The summed E-state index contributed by atoms with van der Waals surface area (Å²) in [7, 11) is 0. The minimum absolute atomic E-state index is 0.0947. The standard InChI is InChI=1S/C20H19ClN2O2/c21-17-8-4-7-16(11-17)18-12-22-20(25-18)14-23-9-10-24-19(13-23)15-5-2-1-3-6-15/h1-8,11-12,19H,9-10,13-14H2. The van der Waals surface area contributed by atoms with E-state index in [1.54, 1.807) is 6.20 Å². The third-order valence-corrected chi connectivity index (χ3v) is 4.58. The van der Waals surface area contributed by atoms with Crippen molar-refractivity contribution in [1.29, 1.82) is 0 Å². The van der Waals surface area contributed by atoms with E-state index in [0.29, 0.717) is 24.1 Å². The Hall–Kier alpha value is -2.14. The second-order valence-corrected chi connectivity index (χ2v) is 6.57. The summed E-state index contributed by atoms with van der Waals surface area (Å²) in [6.07, 6.45) is 1.85. The summed E-state index contributed by atoms with van der Waals surface area (Å²) in [5, 5.41) is 0.689. The van der Waals surface area contributed by atoms with Gasteiger partial charge in [-0.1, -0.05) is 54.1 Å². The van der Waals surface area contributed by atoms with Gasteiger partial charge in [0.1, 0.15) is 0 Å². The fraction of sp³-hybridized carbons (Fsp3) is 0.250. The Balaban J connectivity index is 1.44. The van der Waals surface area contributed by atoms with Crippen LogP contribution in [0.5, 0.6) is 0 Å². The van der Waals surface area contributed by atoms with Gasteiger partial charge in [-0.15, -0.1) is 0 Å². The number of morpholine rings is 1. The molecule has 4 nitrogen and oxygen atoms in total. The molecule has 1 atom stereocenters. The maximum atomic E-state index is 6.05. The van der Waals surface area contributed by atoms with Gasteiger partial charge < -0.3 is 9.15 Å². The maximum absolute atomic E-state index is 6.05. The largest absolute Gasteiger partial charge is 0.439 e. The molecular formula is C20H19ClN2O2. The van der Waals surface area contributed by atoms with Crippen LogP contribution < -0.4 is 0 Å². The molecule has 0 radical (unpaired) electrons. The molecule has 0 N–H and O–H groups in total. The van der Waals surface area contributed by atoms with Gasteiger partial charge in [-0.3, -0.25) is 4.90 Å². The van der Waals surface area contributed by atoms with E-state index in [4.69, 9.17) is 20.8 Å². The van der Waals surface area contributed by atoms with Crippen LogP contribution in [0, 0.1) is 0 Å². The molecule has 0 saturated carbocycles. The maximum Gasteiger partial charge on any atom is 0.209 e. The fourth-order valence-corrected chi connectivity index (χ4v) is 3.26. The minimum Gasteiger partial charge on any atom is -0.439 e. The third kappa shape index (κ3) is 3.93. The van der Waals surface area contributed by atoms with Crippen molar-refractivity contribution < 1.29 is 9.15 Å². The zero-order valence-corrected chi connectivity index (χ0v) is 14.5. The van der Waals surface area contributed by atoms with Crippen molar-refractivity contribution >= 4 is 11.6 Å². The van der Waals surface area contributed by atoms with Gasteiger partial charge in [-0.05, 0) is 17.7 Å². The van der Waals surface area contributed by atoms with Crippen LogP contribution in [0.15, 0.2) is 65.2 Å². The average molecular weight is 355 g/mol. The van der Waals surface area contributed by atoms with Crippen molar-refractivity contribution in [2.75, 3.05) is 19.7 Å². The highest BCUT2D eigenvalue weighted by molar-refractivity contribution is 6.30. The lowest BCUT2D eigenvalue weighted by Gasteiger charge is -2.32. The number of halogens is 1. The van der Waals surface area contributed by atoms with Crippen molar-refractivity contribution in [3.63, 3.8) is 0 Å². The molecule has 0 aliphatic carbocycles. The average Bonchev–Trinajstić information content (AvgIpc) is 3.11. The molecule has 0 bridgehead atoms. The zero-order chi connectivity index (χ0) is 17.1.